The average Bonchev–Trinajstić information content (AvgIpc) is 3.83. The highest BCUT2D eigenvalue weighted by Crippen LogP contribution is 2.44. The molecule has 49 heavy (non-hydrogen) atoms. The van der Waals surface area contributed by atoms with E-state index >= 15 is 0 Å². The van der Waals surface area contributed by atoms with Crippen LogP contribution in [0.4, 0.5) is 0 Å². The molecular formula is C40H48N4O4S. The van der Waals surface area contributed by atoms with Crippen LogP contribution in [0, 0.1) is 23.7 Å². The zero-order chi connectivity index (χ0) is 33.9. The van der Waals surface area contributed by atoms with Crippen molar-refractivity contribution in [3.8, 4) is 11.4 Å². The van der Waals surface area contributed by atoms with Crippen molar-refractivity contribution in [3.05, 3.63) is 75.7 Å². The number of amides is 2. The first-order valence-corrected chi connectivity index (χ1v) is 19.2. The lowest BCUT2D eigenvalue weighted by Crippen LogP contribution is -2.59. The molecule has 1 saturated heterocycles. The summed E-state index contributed by atoms with van der Waals surface area (Å²) in [5, 5.41) is 12.3. The number of rotatable bonds is 12. The number of aliphatic carboxylic acids is 1. The van der Waals surface area contributed by atoms with E-state index < -0.39 is 17.9 Å². The topological polar surface area (TPSA) is 112 Å². The lowest BCUT2D eigenvalue weighted by Gasteiger charge is -2.38. The van der Waals surface area contributed by atoms with Gasteiger partial charge in [-0.1, -0.05) is 62.9 Å². The fourth-order valence-corrected chi connectivity index (χ4v) is 9.18. The third-order valence-corrected chi connectivity index (χ3v) is 12.6. The van der Waals surface area contributed by atoms with Gasteiger partial charge in [0.2, 0.25) is 5.91 Å². The number of hydrogen-bond donors (Lipinski definition) is 2. The van der Waals surface area contributed by atoms with Crippen LogP contribution >= 0.6 is 11.3 Å². The molecule has 3 aromatic rings. The molecule has 2 aromatic heterocycles. The molecule has 4 aliphatic rings. The maximum atomic E-state index is 13.5. The third-order valence-electron chi connectivity index (χ3n) is 11.4. The Hall–Kier alpha value is -3.85. The molecule has 3 fully saturated rings. The van der Waals surface area contributed by atoms with Crippen molar-refractivity contribution in [3.63, 3.8) is 0 Å². The minimum absolute atomic E-state index is 0.162. The van der Waals surface area contributed by atoms with Gasteiger partial charge in [0, 0.05) is 47.9 Å². The molecule has 9 heteroatoms. The van der Waals surface area contributed by atoms with E-state index in [0.29, 0.717) is 23.0 Å². The molecule has 2 amide bonds. The Morgan fingerprint density at radius 2 is 1.65 bits per heavy atom. The summed E-state index contributed by atoms with van der Waals surface area (Å²) in [4.78, 5) is 50.8. The van der Waals surface area contributed by atoms with E-state index in [2.05, 4.69) is 18.3 Å². The quantitative estimate of drug-likeness (QED) is 0.202. The number of benzene rings is 1. The van der Waals surface area contributed by atoms with Gasteiger partial charge in [0.15, 0.2) is 5.82 Å². The Bertz CT molecular complexity index is 1660. The normalized spacial score (nSPS) is 23.3. The van der Waals surface area contributed by atoms with Crippen molar-refractivity contribution >= 4 is 34.7 Å². The van der Waals surface area contributed by atoms with Crippen molar-refractivity contribution < 1.29 is 19.5 Å². The molecule has 0 bridgehead atoms. The summed E-state index contributed by atoms with van der Waals surface area (Å²) in [6, 6.07) is 10.9. The van der Waals surface area contributed by atoms with Gasteiger partial charge in [0.05, 0.1) is 10.8 Å². The minimum atomic E-state index is -0.902. The Labute approximate surface area is 293 Å². The van der Waals surface area contributed by atoms with Gasteiger partial charge in [-0.2, -0.15) is 0 Å². The van der Waals surface area contributed by atoms with Crippen LogP contribution < -0.4 is 5.32 Å². The van der Waals surface area contributed by atoms with Gasteiger partial charge in [0.1, 0.15) is 6.04 Å². The second-order valence-corrected chi connectivity index (χ2v) is 15.9. The van der Waals surface area contributed by atoms with Crippen molar-refractivity contribution in [1.82, 2.24) is 20.2 Å². The van der Waals surface area contributed by atoms with E-state index in [9.17, 15) is 19.5 Å². The van der Waals surface area contributed by atoms with Crippen LogP contribution in [-0.2, 0) is 16.0 Å². The standard InChI is InChI=1S/C40H48N4O4S/c1-2-3-25-4-8-27(9-5-25)28-12-14-29(15-13-28)32-21-41-37(42-22-32)31-10-6-26(7-11-31)20-34(39(46)44-23-33(24-44)40(47)48)43-38(45)36-19-18-35(49-36)30-16-17-30/h6-7,10-11,14,18-19,21-22,25,27-28,30,33-34H,2-5,8-9,12-13,15-17,20,23-24H2,1H3,(H,43,45)(H,47,48)/t25-,27-,28?,34-/m0/s1. The van der Waals surface area contributed by atoms with Crippen LogP contribution in [0.1, 0.15) is 109 Å². The number of aromatic nitrogens is 2. The predicted molar refractivity (Wildman–Crippen MR) is 192 cm³/mol. The molecule has 1 aromatic carbocycles. The molecule has 8 nitrogen and oxygen atoms in total. The van der Waals surface area contributed by atoms with E-state index in [0.717, 1.165) is 53.7 Å². The number of nitrogens with zero attached hydrogens (tertiary/aromatic N) is 3. The van der Waals surface area contributed by atoms with Crippen LogP contribution in [0.5, 0.6) is 0 Å². The Kier molecular flexibility index (Phi) is 10.3. The molecule has 7 rings (SSSR count). The number of allylic oxidation sites excluding steroid dienone is 2. The van der Waals surface area contributed by atoms with Gasteiger partial charge in [-0.3, -0.25) is 14.4 Å². The summed E-state index contributed by atoms with van der Waals surface area (Å²) in [5.74, 6) is 1.88. The van der Waals surface area contributed by atoms with Gasteiger partial charge < -0.3 is 15.3 Å². The summed E-state index contributed by atoms with van der Waals surface area (Å²) in [6.07, 6.45) is 20.8. The predicted octanol–water partition coefficient (Wildman–Crippen LogP) is 7.76. The zero-order valence-electron chi connectivity index (χ0n) is 28.5. The molecule has 258 valence electrons. The number of carbonyl (C=O) groups excluding carboxylic acids is 2. The average molecular weight is 681 g/mol. The fraction of sp³-hybridized carbons (Fsp3) is 0.525. The SMILES string of the molecule is CCC[C@H]1CC[C@H](C2CC=C(c3cnc(-c4ccc(C[C@H](NC(=O)c5ccc(C6CC6)s5)C(=O)N5CC(C(=O)O)C5)cc4)nc3)CC2)CC1. The Balaban J connectivity index is 0.969. The summed E-state index contributed by atoms with van der Waals surface area (Å²) < 4.78 is 0. The van der Waals surface area contributed by atoms with E-state index in [1.54, 1.807) is 0 Å². The molecule has 1 unspecified atom stereocenters. The first-order valence-electron chi connectivity index (χ1n) is 18.4. The van der Waals surface area contributed by atoms with Gasteiger partial charge >= 0.3 is 5.97 Å². The number of thiophene rings is 1. The number of likely N-dealkylation sites (tertiary alicyclic amines) is 1. The highest BCUT2D eigenvalue weighted by molar-refractivity contribution is 7.14. The van der Waals surface area contributed by atoms with E-state index in [4.69, 9.17) is 9.97 Å². The highest BCUT2D eigenvalue weighted by Gasteiger charge is 2.39. The van der Waals surface area contributed by atoms with Crippen LogP contribution in [0.25, 0.3) is 17.0 Å². The lowest BCUT2D eigenvalue weighted by molar-refractivity contribution is -0.153. The monoisotopic (exact) mass is 680 g/mol. The molecule has 3 heterocycles. The lowest BCUT2D eigenvalue weighted by atomic mass is 9.70. The van der Waals surface area contributed by atoms with Crippen LogP contribution in [-0.4, -0.2) is 56.9 Å². The molecule has 2 saturated carbocycles. The Morgan fingerprint density at radius 3 is 2.29 bits per heavy atom. The summed E-state index contributed by atoms with van der Waals surface area (Å²) in [6.45, 7) is 2.63. The summed E-state index contributed by atoms with van der Waals surface area (Å²) in [5.41, 5.74) is 4.24. The van der Waals surface area contributed by atoms with Gasteiger partial charge in [-0.05, 0) is 91.9 Å². The number of carboxylic acids is 1. The highest BCUT2D eigenvalue weighted by atomic mass is 32.1. The number of nitrogens with one attached hydrogen (secondary N) is 1. The molecule has 3 aliphatic carbocycles. The van der Waals surface area contributed by atoms with Gasteiger partial charge in [-0.15, -0.1) is 11.3 Å². The first-order chi connectivity index (χ1) is 23.8. The van der Waals surface area contributed by atoms with Crippen molar-refractivity contribution in [1.29, 1.82) is 0 Å². The third kappa shape index (κ3) is 7.98. The van der Waals surface area contributed by atoms with E-state index in [-0.39, 0.29) is 24.9 Å². The smallest absolute Gasteiger partial charge is 0.310 e. The maximum Gasteiger partial charge on any atom is 0.310 e. The van der Waals surface area contributed by atoms with Crippen molar-refractivity contribution in [2.45, 2.75) is 95.9 Å². The van der Waals surface area contributed by atoms with Crippen molar-refractivity contribution in [2.75, 3.05) is 13.1 Å². The van der Waals surface area contributed by atoms with Crippen LogP contribution in [0.15, 0.2) is 54.9 Å². The molecule has 0 radical (unpaired) electrons. The zero-order valence-corrected chi connectivity index (χ0v) is 29.3. The molecule has 2 N–H and O–H groups in total. The molecular weight excluding hydrogens is 633 g/mol. The largest absolute Gasteiger partial charge is 0.481 e. The minimum Gasteiger partial charge on any atom is -0.481 e. The van der Waals surface area contributed by atoms with Gasteiger partial charge in [0.25, 0.3) is 5.91 Å². The Morgan fingerprint density at radius 1 is 0.918 bits per heavy atom. The second-order valence-electron chi connectivity index (χ2n) is 14.8. The first kappa shape index (κ1) is 33.6. The van der Waals surface area contributed by atoms with Crippen LogP contribution in [0.3, 0.4) is 0 Å². The van der Waals surface area contributed by atoms with E-state index in [1.165, 1.54) is 78.1 Å². The maximum absolute atomic E-state index is 13.5. The number of carboxylic acid groups (broad SMARTS) is 1. The molecule has 0 spiro atoms. The number of carbonyl (C=O) groups is 3. The summed E-state index contributed by atoms with van der Waals surface area (Å²) in [7, 11) is 0. The summed E-state index contributed by atoms with van der Waals surface area (Å²) >= 11 is 1.49. The van der Waals surface area contributed by atoms with Crippen LogP contribution in [0.2, 0.25) is 0 Å². The molecule has 2 atom stereocenters. The second kappa shape index (κ2) is 15.0. The molecule has 1 aliphatic heterocycles. The van der Waals surface area contributed by atoms with Crippen molar-refractivity contribution in [2.24, 2.45) is 23.7 Å². The van der Waals surface area contributed by atoms with E-state index in [1.807, 2.05) is 48.8 Å². The fourth-order valence-electron chi connectivity index (χ4n) is 8.10. The van der Waals surface area contributed by atoms with Gasteiger partial charge in [-0.25, -0.2) is 9.97 Å². The number of hydrogen-bond acceptors (Lipinski definition) is 6.